The molecular formula is C17H31N3. The molecule has 0 aliphatic rings. The van der Waals surface area contributed by atoms with E-state index >= 15 is 0 Å². The lowest BCUT2D eigenvalue weighted by Crippen LogP contribution is -2.47. The Balaban J connectivity index is 2.59. The van der Waals surface area contributed by atoms with Gasteiger partial charge in [0.2, 0.25) is 0 Å². The van der Waals surface area contributed by atoms with E-state index in [0.717, 1.165) is 31.0 Å². The summed E-state index contributed by atoms with van der Waals surface area (Å²) in [4.78, 5) is 6.94. The van der Waals surface area contributed by atoms with Gasteiger partial charge in [0.1, 0.15) is 0 Å². The first-order chi connectivity index (χ1) is 9.32. The van der Waals surface area contributed by atoms with Crippen LogP contribution in [-0.4, -0.2) is 36.1 Å². The van der Waals surface area contributed by atoms with Gasteiger partial charge in [-0.05, 0) is 44.5 Å². The monoisotopic (exact) mass is 277 g/mol. The summed E-state index contributed by atoms with van der Waals surface area (Å²) in [6.45, 7) is 14.2. The molecule has 1 aromatic heterocycles. The standard InChI is InChI=1S/C17H31N3/c1-7-11-18-16(17(3,4)5)13-20(6)12-15-10-8-9-14(2)19-15/h8-10,16,18H,7,11-13H2,1-6H3. The first-order valence-corrected chi connectivity index (χ1v) is 7.67. The second-order valence-electron chi connectivity index (χ2n) is 6.84. The van der Waals surface area contributed by atoms with Gasteiger partial charge in [0.25, 0.3) is 0 Å². The minimum absolute atomic E-state index is 0.267. The number of rotatable bonds is 7. The fourth-order valence-electron chi connectivity index (χ4n) is 2.30. The number of nitrogens with zero attached hydrogens (tertiary/aromatic N) is 2. The molecule has 0 aromatic carbocycles. The number of aromatic nitrogens is 1. The van der Waals surface area contributed by atoms with Gasteiger partial charge >= 0.3 is 0 Å². The van der Waals surface area contributed by atoms with Crippen LogP contribution in [0.25, 0.3) is 0 Å². The topological polar surface area (TPSA) is 28.2 Å². The van der Waals surface area contributed by atoms with Crippen molar-refractivity contribution in [1.29, 1.82) is 0 Å². The van der Waals surface area contributed by atoms with Crippen molar-refractivity contribution in [1.82, 2.24) is 15.2 Å². The molecule has 0 saturated heterocycles. The van der Waals surface area contributed by atoms with E-state index in [0.29, 0.717) is 6.04 Å². The molecule has 1 N–H and O–H groups in total. The van der Waals surface area contributed by atoms with Crippen molar-refractivity contribution in [2.45, 2.75) is 53.6 Å². The van der Waals surface area contributed by atoms with Crippen molar-refractivity contribution >= 4 is 0 Å². The number of aryl methyl sites for hydroxylation is 1. The molecule has 3 heteroatoms. The number of hydrogen-bond acceptors (Lipinski definition) is 3. The highest BCUT2D eigenvalue weighted by Crippen LogP contribution is 2.20. The molecule has 0 spiro atoms. The minimum Gasteiger partial charge on any atom is -0.312 e. The Kier molecular flexibility index (Phi) is 6.63. The fourth-order valence-corrected chi connectivity index (χ4v) is 2.30. The third-order valence-electron chi connectivity index (χ3n) is 3.56. The van der Waals surface area contributed by atoms with Gasteiger partial charge in [-0.25, -0.2) is 0 Å². The first-order valence-electron chi connectivity index (χ1n) is 7.67. The predicted octanol–water partition coefficient (Wildman–Crippen LogP) is 3.24. The van der Waals surface area contributed by atoms with Crippen LogP contribution in [0.1, 0.15) is 45.5 Å². The van der Waals surface area contributed by atoms with Gasteiger partial charge < -0.3 is 5.32 Å². The van der Waals surface area contributed by atoms with Crippen molar-refractivity contribution in [2.75, 3.05) is 20.1 Å². The fraction of sp³-hybridized carbons (Fsp3) is 0.706. The van der Waals surface area contributed by atoms with Gasteiger partial charge in [-0.1, -0.05) is 33.8 Å². The summed E-state index contributed by atoms with van der Waals surface area (Å²) in [7, 11) is 2.18. The van der Waals surface area contributed by atoms with Crippen LogP contribution in [0.3, 0.4) is 0 Å². The van der Waals surface area contributed by atoms with E-state index in [1.54, 1.807) is 0 Å². The normalized spacial score (nSPS) is 13.8. The quantitative estimate of drug-likeness (QED) is 0.829. The second-order valence-corrected chi connectivity index (χ2v) is 6.84. The average Bonchev–Trinajstić information content (AvgIpc) is 2.33. The molecule has 0 saturated carbocycles. The van der Waals surface area contributed by atoms with Crippen molar-refractivity contribution in [3.8, 4) is 0 Å². The summed E-state index contributed by atoms with van der Waals surface area (Å²) in [5, 5.41) is 3.68. The lowest BCUT2D eigenvalue weighted by molar-refractivity contribution is 0.189. The highest BCUT2D eigenvalue weighted by Gasteiger charge is 2.25. The lowest BCUT2D eigenvalue weighted by atomic mass is 9.86. The molecule has 1 rings (SSSR count). The lowest BCUT2D eigenvalue weighted by Gasteiger charge is -2.34. The molecule has 1 atom stereocenters. The van der Waals surface area contributed by atoms with Crippen molar-refractivity contribution in [3.05, 3.63) is 29.6 Å². The van der Waals surface area contributed by atoms with Crippen molar-refractivity contribution < 1.29 is 0 Å². The van der Waals surface area contributed by atoms with Crippen LogP contribution in [0.4, 0.5) is 0 Å². The molecule has 1 heterocycles. The third-order valence-corrected chi connectivity index (χ3v) is 3.56. The molecule has 1 unspecified atom stereocenters. The van der Waals surface area contributed by atoms with Crippen LogP contribution < -0.4 is 5.32 Å². The van der Waals surface area contributed by atoms with Gasteiger partial charge in [-0.3, -0.25) is 9.88 Å². The molecular weight excluding hydrogens is 246 g/mol. The smallest absolute Gasteiger partial charge is 0.0547 e. The Bertz CT molecular complexity index is 395. The number of pyridine rings is 1. The molecule has 0 fully saturated rings. The van der Waals surface area contributed by atoms with E-state index < -0.39 is 0 Å². The average molecular weight is 277 g/mol. The summed E-state index contributed by atoms with van der Waals surface area (Å²) < 4.78 is 0. The summed E-state index contributed by atoms with van der Waals surface area (Å²) in [6, 6.07) is 6.73. The summed E-state index contributed by atoms with van der Waals surface area (Å²) in [5.41, 5.74) is 2.51. The molecule has 0 bridgehead atoms. The van der Waals surface area contributed by atoms with Gasteiger partial charge in [0, 0.05) is 24.8 Å². The zero-order valence-electron chi connectivity index (χ0n) is 14.0. The number of nitrogens with one attached hydrogen (secondary N) is 1. The molecule has 0 amide bonds. The minimum atomic E-state index is 0.267. The van der Waals surface area contributed by atoms with E-state index in [1.807, 2.05) is 13.0 Å². The summed E-state index contributed by atoms with van der Waals surface area (Å²) >= 11 is 0. The van der Waals surface area contributed by atoms with E-state index in [-0.39, 0.29) is 5.41 Å². The molecule has 0 aliphatic carbocycles. The van der Waals surface area contributed by atoms with Crippen molar-refractivity contribution in [2.24, 2.45) is 5.41 Å². The van der Waals surface area contributed by atoms with E-state index in [9.17, 15) is 0 Å². The third kappa shape index (κ3) is 6.02. The first kappa shape index (κ1) is 17.1. The van der Waals surface area contributed by atoms with E-state index in [2.05, 4.69) is 62.1 Å². The zero-order valence-corrected chi connectivity index (χ0v) is 14.0. The SMILES string of the molecule is CCCNC(CN(C)Cc1cccc(C)n1)C(C)(C)C. The molecule has 114 valence electrons. The van der Waals surface area contributed by atoms with Crippen molar-refractivity contribution in [3.63, 3.8) is 0 Å². The summed E-state index contributed by atoms with van der Waals surface area (Å²) in [6.07, 6.45) is 1.18. The van der Waals surface area contributed by atoms with E-state index in [1.165, 1.54) is 6.42 Å². The van der Waals surface area contributed by atoms with Gasteiger partial charge in [0.15, 0.2) is 0 Å². The Morgan fingerprint density at radius 3 is 2.55 bits per heavy atom. The van der Waals surface area contributed by atoms with Crippen LogP contribution >= 0.6 is 0 Å². The molecule has 0 aliphatic heterocycles. The maximum absolute atomic E-state index is 4.58. The van der Waals surface area contributed by atoms with Gasteiger partial charge in [-0.2, -0.15) is 0 Å². The Hall–Kier alpha value is -0.930. The molecule has 0 radical (unpaired) electrons. The van der Waals surface area contributed by atoms with Crippen LogP contribution in [0.2, 0.25) is 0 Å². The van der Waals surface area contributed by atoms with Gasteiger partial charge in [0.05, 0.1) is 5.69 Å². The number of hydrogen-bond donors (Lipinski definition) is 1. The largest absolute Gasteiger partial charge is 0.312 e. The molecule has 3 nitrogen and oxygen atoms in total. The maximum atomic E-state index is 4.58. The Morgan fingerprint density at radius 1 is 1.30 bits per heavy atom. The van der Waals surface area contributed by atoms with Crippen LogP contribution in [-0.2, 0) is 6.54 Å². The number of likely N-dealkylation sites (N-methyl/N-ethyl adjacent to an activating group) is 1. The van der Waals surface area contributed by atoms with Gasteiger partial charge in [-0.15, -0.1) is 0 Å². The zero-order chi connectivity index (χ0) is 15.2. The highest BCUT2D eigenvalue weighted by molar-refractivity contribution is 5.09. The van der Waals surface area contributed by atoms with Crippen LogP contribution in [0.15, 0.2) is 18.2 Å². The Labute approximate surface area is 124 Å². The highest BCUT2D eigenvalue weighted by atomic mass is 15.1. The van der Waals surface area contributed by atoms with E-state index in [4.69, 9.17) is 0 Å². The molecule has 1 aromatic rings. The van der Waals surface area contributed by atoms with Crippen LogP contribution in [0, 0.1) is 12.3 Å². The predicted molar refractivity (Wildman–Crippen MR) is 86.8 cm³/mol. The summed E-state index contributed by atoms with van der Waals surface area (Å²) in [5.74, 6) is 0. The Morgan fingerprint density at radius 2 is 2.00 bits per heavy atom. The second kappa shape index (κ2) is 7.75. The maximum Gasteiger partial charge on any atom is 0.0547 e. The van der Waals surface area contributed by atoms with Crippen LogP contribution in [0.5, 0.6) is 0 Å². The molecule has 20 heavy (non-hydrogen) atoms.